The molecule has 1 saturated heterocycles. The minimum atomic E-state index is 0.399. The summed E-state index contributed by atoms with van der Waals surface area (Å²) in [6.07, 6.45) is 1.22. The van der Waals surface area contributed by atoms with E-state index in [1.165, 1.54) is 17.5 Å². The molecule has 0 spiro atoms. The highest BCUT2D eigenvalue weighted by atomic mass is 16.5. The van der Waals surface area contributed by atoms with Crippen LogP contribution < -0.4 is 10.5 Å². The Hall–Kier alpha value is -1.06. The number of nitrogens with zero attached hydrogens (tertiary/aromatic N) is 1. The molecule has 0 amide bonds. The molecule has 1 aromatic carbocycles. The molecule has 3 nitrogen and oxygen atoms in total. The van der Waals surface area contributed by atoms with Gasteiger partial charge in [0.15, 0.2) is 0 Å². The van der Waals surface area contributed by atoms with E-state index in [-0.39, 0.29) is 0 Å². The quantitative estimate of drug-likeness (QED) is 0.889. The molecule has 1 aliphatic heterocycles. The van der Waals surface area contributed by atoms with Crippen LogP contribution in [-0.4, -0.2) is 31.6 Å². The van der Waals surface area contributed by atoms with Crippen molar-refractivity contribution in [3.05, 3.63) is 29.3 Å². The molecule has 0 aromatic heterocycles. The molecular weight excluding hydrogens is 224 g/mol. The molecule has 0 aliphatic carbocycles. The van der Waals surface area contributed by atoms with Gasteiger partial charge < -0.3 is 10.5 Å². The molecule has 0 radical (unpaired) electrons. The van der Waals surface area contributed by atoms with Gasteiger partial charge in [-0.3, -0.25) is 4.90 Å². The number of likely N-dealkylation sites (tertiary alicyclic amines) is 1. The summed E-state index contributed by atoms with van der Waals surface area (Å²) in [6.45, 7) is 7.43. The van der Waals surface area contributed by atoms with Gasteiger partial charge in [0.25, 0.3) is 0 Å². The average molecular weight is 248 g/mol. The lowest BCUT2D eigenvalue weighted by Gasteiger charge is -2.26. The summed E-state index contributed by atoms with van der Waals surface area (Å²) in [7, 11) is 1.74. The summed E-state index contributed by atoms with van der Waals surface area (Å²) in [5.74, 6) is 1.65. The maximum absolute atomic E-state index is 5.76. The van der Waals surface area contributed by atoms with E-state index in [1.807, 2.05) is 0 Å². The van der Waals surface area contributed by atoms with Gasteiger partial charge in [-0.2, -0.15) is 0 Å². The Morgan fingerprint density at radius 3 is 2.89 bits per heavy atom. The first-order valence-electron chi connectivity index (χ1n) is 6.74. The zero-order chi connectivity index (χ0) is 13.1. The van der Waals surface area contributed by atoms with Gasteiger partial charge in [-0.25, -0.2) is 0 Å². The van der Waals surface area contributed by atoms with Crippen molar-refractivity contribution < 1.29 is 4.74 Å². The van der Waals surface area contributed by atoms with Crippen LogP contribution in [0.4, 0.5) is 0 Å². The maximum Gasteiger partial charge on any atom is 0.123 e. The molecule has 2 N–H and O–H groups in total. The molecule has 100 valence electrons. The Morgan fingerprint density at radius 1 is 1.50 bits per heavy atom. The second kappa shape index (κ2) is 5.72. The Morgan fingerprint density at radius 2 is 2.28 bits per heavy atom. The number of nitrogens with two attached hydrogens (primary N) is 1. The Kier molecular flexibility index (Phi) is 4.25. The predicted octanol–water partition coefficient (Wildman–Crippen LogP) is 2.35. The lowest BCUT2D eigenvalue weighted by molar-refractivity contribution is 0.247. The van der Waals surface area contributed by atoms with E-state index in [4.69, 9.17) is 10.5 Å². The van der Waals surface area contributed by atoms with Gasteiger partial charge in [0.05, 0.1) is 7.11 Å². The van der Waals surface area contributed by atoms with Crippen LogP contribution in [0.2, 0.25) is 0 Å². The molecule has 0 bridgehead atoms. The van der Waals surface area contributed by atoms with Crippen LogP contribution in [-0.2, 0) is 0 Å². The lowest BCUT2D eigenvalue weighted by atomic mass is 10.0. The molecular formula is C15H24N2O. The van der Waals surface area contributed by atoms with Gasteiger partial charge in [0.2, 0.25) is 0 Å². The van der Waals surface area contributed by atoms with Crippen molar-refractivity contribution in [2.45, 2.75) is 26.3 Å². The average Bonchev–Trinajstić information content (AvgIpc) is 2.86. The molecule has 3 heteroatoms. The summed E-state index contributed by atoms with van der Waals surface area (Å²) in [5.41, 5.74) is 8.34. The lowest BCUT2D eigenvalue weighted by Crippen LogP contribution is -2.26. The second-order valence-electron chi connectivity index (χ2n) is 5.31. The second-order valence-corrected chi connectivity index (χ2v) is 5.31. The van der Waals surface area contributed by atoms with Gasteiger partial charge in [0.1, 0.15) is 5.75 Å². The summed E-state index contributed by atoms with van der Waals surface area (Å²) >= 11 is 0. The highest BCUT2D eigenvalue weighted by molar-refractivity contribution is 5.39. The van der Waals surface area contributed by atoms with Crippen LogP contribution in [0.5, 0.6) is 5.75 Å². The van der Waals surface area contributed by atoms with Gasteiger partial charge in [-0.05, 0) is 45.3 Å². The van der Waals surface area contributed by atoms with Crippen molar-refractivity contribution in [2.24, 2.45) is 11.7 Å². The molecule has 18 heavy (non-hydrogen) atoms. The van der Waals surface area contributed by atoms with E-state index in [2.05, 4.69) is 36.9 Å². The van der Waals surface area contributed by atoms with E-state index < -0.39 is 0 Å². The number of methoxy groups -OCH3 is 1. The minimum absolute atomic E-state index is 0.399. The maximum atomic E-state index is 5.76. The third kappa shape index (κ3) is 2.68. The third-order valence-corrected chi connectivity index (χ3v) is 4.03. The van der Waals surface area contributed by atoms with E-state index >= 15 is 0 Å². The number of ether oxygens (including phenoxy) is 1. The molecule has 1 aromatic rings. The molecule has 2 atom stereocenters. The summed E-state index contributed by atoms with van der Waals surface area (Å²) in [4.78, 5) is 2.51. The van der Waals surface area contributed by atoms with Gasteiger partial charge >= 0.3 is 0 Å². The van der Waals surface area contributed by atoms with E-state index in [1.54, 1.807) is 7.11 Å². The monoisotopic (exact) mass is 248 g/mol. The zero-order valence-corrected chi connectivity index (χ0v) is 11.6. The van der Waals surface area contributed by atoms with E-state index in [9.17, 15) is 0 Å². The van der Waals surface area contributed by atoms with Crippen molar-refractivity contribution in [1.82, 2.24) is 4.90 Å². The number of aryl methyl sites for hydroxylation is 1. The Bertz CT molecular complexity index is 405. The van der Waals surface area contributed by atoms with Crippen LogP contribution in [0.1, 0.15) is 30.5 Å². The molecule has 1 fully saturated rings. The fourth-order valence-corrected chi connectivity index (χ4v) is 2.78. The van der Waals surface area contributed by atoms with Crippen LogP contribution in [0.3, 0.4) is 0 Å². The fourth-order valence-electron chi connectivity index (χ4n) is 2.78. The highest BCUT2D eigenvalue weighted by Crippen LogP contribution is 2.33. The summed E-state index contributed by atoms with van der Waals surface area (Å²) < 4.78 is 5.48. The number of benzene rings is 1. The summed E-state index contributed by atoms with van der Waals surface area (Å²) in [6, 6.07) is 6.80. The van der Waals surface area contributed by atoms with Crippen molar-refractivity contribution in [2.75, 3.05) is 26.7 Å². The van der Waals surface area contributed by atoms with E-state index in [0.717, 1.165) is 25.4 Å². The van der Waals surface area contributed by atoms with Crippen LogP contribution >= 0.6 is 0 Å². The van der Waals surface area contributed by atoms with Crippen molar-refractivity contribution in [1.29, 1.82) is 0 Å². The fraction of sp³-hybridized carbons (Fsp3) is 0.600. The SMILES string of the molecule is COc1ccc(C)cc1C(C)N1CCC(CN)C1. The van der Waals surface area contributed by atoms with Gasteiger partial charge in [-0.15, -0.1) is 0 Å². The molecule has 1 heterocycles. The molecule has 2 rings (SSSR count). The first-order valence-corrected chi connectivity index (χ1v) is 6.74. The number of rotatable bonds is 4. The largest absolute Gasteiger partial charge is 0.496 e. The highest BCUT2D eigenvalue weighted by Gasteiger charge is 2.27. The zero-order valence-electron chi connectivity index (χ0n) is 11.6. The third-order valence-electron chi connectivity index (χ3n) is 4.03. The smallest absolute Gasteiger partial charge is 0.123 e. The molecule has 0 saturated carbocycles. The first-order chi connectivity index (χ1) is 8.65. The van der Waals surface area contributed by atoms with Crippen LogP contribution in [0.25, 0.3) is 0 Å². The van der Waals surface area contributed by atoms with Crippen LogP contribution in [0, 0.1) is 12.8 Å². The van der Waals surface area contributed by atoms with Gasteiger partial charge in [0, 0.05) is 18.2 Å². The normalized spacial score (nSPS) is 22.1. The summed E-state index contributed by atoms with van der Waals surface area (Å²) in [5, 5.41) is 0. The van der Waals surface area contributed by atoms with Crippen molar-refractivity contribution in [3.8, 4) is 5.75 Å². The predicted molar refractivity (Wildman–Crippen MR) is 74.9 cm³/mol. The molecule has 2 unspecified atom stereocenters. The number of hydrogen-bond acceptors (Lipinski definition) is 3. The Balaban J connectivity index is 2.18. The van der Waals surface area contributed by atoms with Crippen LogP contribution in [0.15, 0.2) is 18.2 Å². The minimum Gasteiger partial charge on any atom is -0.496 e. The van der Waals surface area contributed by atoms with Crippen molar-refractivity contribution in [3.63, 3.8) is 0 Å². The number of hydrogen-bond donors (Lipinski definition) is 1. The van der Waals surface area contributed by atoms with Gasteiger partial charge in [-0.1, -0.05) is 17.7 Å². The first kappa shape index (κ1) is 13.4. The Labute approximate surface area is 110 Å². The van der Waals surface area contributed by atoms with Crippen molar-refractivity contribution >= 4 is 0 Å². The topological polar surface area (TPSA) is 38.5 Å². The standard InChI is InChI=1S/C15H24N2O/c1-11-4-5-15(18-3)14(8-11)12(2)17-7-6-13(9-16)10-17/h4-5,8,12-13H,6-7,9-10,16H2,1-3H3. The van der Waals surface area contributed by atoms with E-state index in [0.29, 0.717) is 12.0 Å². The molecule has 1 aliphatic rings.